The topological polar surface area (TPSA) is 77.7 Å². The number of phenolic OH excluding ortho intramolecular Hbond substituents is 1. The van der Waals surface area contributed by atoms with E-state index in [0.717, 1.165) is 37.4 Å². The van der Waals surface area contributed by atoms with E-state index in [0.29, 0.717) is 24.9 Å². The number of benzene rings is 1. The van der Waals surface area contributed by atoms with Gasteiger partial charge in [0.05, 0.1) is 6.10 Å². The molecule has 0 aliphatic carbocycles. The number of piperidine rings is 1. The summed E-state index contributed by atoms with van der Waals surface area (Å²) in [7, 11) is 0. The second-order valence-electron chi connectivity index (χ2n) is 7.50. The maximum atomic E-state index is 12.1. The van der Waals surface area contributed by atoms with Gasteiger partial charge < -0.3 is 20.1 Å². The molecular weight excluding hydrogens is 330 g/mol. The molecule has 26 heavy (non-hydrogen) atoms. The van der Waals surface area contributed by atoms with Crippen LogP contribution in [-0.2, 0) is 6.54 Å². The van der Waals surface area contributed by atoms with Crippen LogP contribution in [0.2, 0.25) is 0 Å². The quantitative estimate of drug-likeness (QED) is 0.708. The first-order valence-corrected chi connectivity index (χ1v) is 9.21. The molecule has 2 aliphatic heterocycles. The van der Waals surface area contributed by atoms with Gasteiger partial charge in [0.15, 0.2) is 0 Å². The van der Waals surface area contributed by atoms with Crippen molar-refractivity contribution in [2.75, 3.05) is 31.5 Å². The number of aromatic nitrogens is 1. The molecule has 2 bridgehead atoms. The fourth-order valence-electron chi connectivity index (χ4n) is 4.32. The van der Waals surface area contributed by atoms with Crippen LogP contribution in [0.4, 0.5) is 5.69 Å². The summed E-state index contributed by atoms with van der Waals surface area (Å²) in [5.74, 6) is 1.07. The molecule has 0 saturated carbocycles. The molecule has 138 valence electrons. The van der Waals surface area contributed by atoms with Gasteiger partial charge in [-0.2, -0.15) is 0 Å². The molecule has 3 atom stereocenters. The third kappa shape index (κ3) is 3.61. The van der Waals surface area contributed by atoms with Crippen LogP contribution in [0.3, 0.4) is 0 Å². The number of anilines is 1. The molecule has 0 amide bonds. The van der Waals surface area contributed by atoms with E-state index in [-0.39, 0.29) is 11.3 Å². The average molecular weight is 355 g/mol. The van der Waals surface area contributed by atoms with E-state index in [1.807, 2.05) is 10.6 Å². The van der Waals surface area contributed by atoms with Gasteiger partial charge in [-0.15, -0.1) is 0 Å². The molecule has 3 heterocycles. The summed E-state index contributed by atoms with van der Waals surface area (Å²) < 4.78 is 1.93. The summed E-state index contributed by atoms with van der Waals surface area (Å²) in [5, 5.41) is 22.9. The predicted octanol–water partition coefficient (Wildman–Crippen LogP) is 1.45. The number of pyridine rings is 1. The minimum absolute atomic E-state index is 0.101. The highest BCUT2D eigenvalue weighted by atomic mass is 16.3. The predicted molar refractivity (Wildman–Crippen MR) is 101 cm³/mol. The molecule has 2 aliphatic rings. The number of nitrogens with zero attached hydrogens (tertiary/aromatic N) is 2. The van der Waals surface area contributed by atoms with Crippen LogP contribution in [-0.4, -0.2) is 52.0 Å². The Morgan fingerprint density at radius 1 is 1.12 bits per heavy atom. The highest BCUT2D eigenvalue weighted by molar-refractivity contribution is 5.45. The zero-order valence-corrected chi connectivity index (χ0v) is 14.7. The van der Waals surface area contributed by atoms with Gasteiger partial charge in [-0.25, -0.2) is 0 Å². The highest BCUT2D eigenvalue weighted by Crippen LogP contribution is 2.34. The summed E-state index contributed by atoms with van der Waals surface area (Å²) >= 11 is 0. The summed E-state index contributed by atoms with van der Waals surface area (Å²) in [5.41, 5.74) is 2.12. The Morgan fingerprint density at radius 3 is 2.73 bits per heavy atom. The molecule has 6 nitrogen and oxygen atoms in total. The fraction of sp³-hybridized carbons (Fsp3) is 0.450. The first kappa shape index (κ1) is 17.1. The second-order valence-corrected chi connectivity index (χ2v) is 7.50. The Labute approximate surface area is 152 Å². The van der Waals surface area contributed by atoms with Gasteiger partial charge in [0.1, 0.15) is 5.75 Å². The van der Waals surface area contributed by atoms with E-state index in [9.17, 15) is 15.0 Å². The lowest BCUT2D eigenvalue weighted by atomic mass is 9.83. The molecule has 2 aromatic rings. The van der Waals surface area contributed by atoms with Gasteiger partial charge in [-0.1, -0.05) is 6.07 Å². The molecule has 1 saturated heterocycles. The van der Waals surface area contributed by atoms with Crippen LogP contribution in [0.5, 0.6) is 5.75 Å². The maximum Gasteiger partial charge on any atom is 0.250 e. The number of hydrogen-bond acceptors (Lipinski definition) is 5. The van der Waals surface area contributed by atoms with Gasteiger partial charge in [0.2, 0.25) is 0 Å². The number of phenols is 1. The number of aliphatic hydroxyl groups excluding tert-OH is 1. The zero-order valence-electron chi connectivity index (χ0n) is 14.7. The number of likely N-dealkylation sites (tertiary alicyclic amines) is 1. The van der Waals surface area contributed by atoms with Crippen LogP contribution in [0.25, 0.3) is 0 Å². The normalized spacial score (nSPS) is 23.3. The number of aromatic hydroxyl groups is 1. The minimum Gasteiger partial charge on any atom is -0.508 e. The summed E-state index contributed by atoms with van der Waals surface area (Å²) in [6.07, 6.45) is 0.655. The molecule has 1 aromatic carbocycles. The highest BCUT2D eigenvalue weighted by Gasteiger charge is 2.34. The Hall–Kier alpha value is -2.31. The monoisotopic (exact) mass is 355 g/mol. The van der Waals surface area contributed by atoms with Crippen molar-refractivity contribution in [2.24, 2.45) is 5.92 Å². The van der Waals surface area contributed by atoms with Gasteiger partial charge in [0, 0.05) is 56.1 Å². The third-order valence-electron chi connectivity index (χ3n) is 5.43. The summed E-state index contributed by atoms with van der Waals surface area (Å²) in [6, 6.07) is 12.4. The van der Waals surface area contributed by atoms with E-state index in [1.165, 1.54) is 0 Å². The van der Waals surface area contributed by atoms with Crippen molar-refractivity contribution in [3.8, 4) is 5.75 Å². The van der Waals surface area contributed by atoms with Crippen molar-refractivity contribution < 1.29 is 10.2 Å². The van der Waals surface area contributed by atoms with Crippen LogP contribution in [0, 0.1) is 5.92 Å². The SMILES string of the molecule is O=c1cccc2n1C[C@H]1C[C@@H]2CN(CC(O)CNc2ccc(O)cc2)C1. The summed E-state index contributed by atoms with van der Waals surface area (Å²) in [6.45, 7) is 3.68. The molecule has 3 N–H and O–H groups in total. The second kappa shape index (κ2) is 7.13. The van der Waals surface area contributed by atoms with E-state index in [4.69, 9.17) is 0 Å². The van der Waals surface area contributed by atoms with Crippen molar-refractivity contribution in [3.63, 3.8) is 0 Å². The summed E-state index contributed by atoms with van der Waals surface area (Å²) in [4.78, 5) is 14.4. The number of rotatable bonds is 5. The molecule has 6 heteroatoms. The fourth-order valence-corrected chi connectivity index (χ4v) is 4.32. The lowest BCUT2D eigenvalue weighted by Crippen LogP contribution is -2.49. The van der Waals surface area contributed by atoms with Gasteiger partial charge in [-0.05, 0) is 42.7 Å². The first-order valence-electron chi connectivity index (χ1n) is 9.21. The average Bonchev–Trinajstić information content (AvgIpc) is 2.62. The van der Waals surface area contributed by atoms with Crippen molar-refractivity contribution in [1.82, 2.24) is 9.47 Å². The van der Waals surface area contributed by atoms with Crippen LogP contribution in [0.15, 0.2) is 47.3 Å². The van der Waals surface area contributed by atoms with Gasteiger partial charge in [0.25, 0.3) is 5.56 Å². The Balaban J connectivity index is 1.35. The lowest BCUT2D eigenvalue weighted by Gasteiger charge is -2.43. The van der Waals surface area contributed by atoms with Crippen molar-refractivity contribution in [3.05, 3.63) is 58.5 Å². The van der Waals surface area contributed by atoms with Crippen LogP contribution in [0.1, 0.15) is 18.0 Å². The van der Waals surface area contributed by atoms with Gasteiger partial charge >= 0.3 is 0 Å². The smallest absolute Gasteiger partial charge is 0.250 e. The molecule has 1 fully saturated rings. The number of fused-ring (bicyclic) bond motifs is 4. The number of β-amino-alcohol motifs (C(OH)–C–C–N with tert-alkyl or cyclic N) is 1. The molecule has 1 unspecified atom stereocenters. The van der Waals surface area contributed by atoms with E-state index in [2.05, 4.69) is 16.3 Å². The Morgan fingerprint density at radius 2 is 1.92 bits per heavy atom. The van der Waals surface area contributed by atoms with E-state index in [1.54, 1.807) is 30.3 Å². The van der Waals surface area contributed by atoms with Crippen LogP contribution >= 0.6 is 0 Å². The number of hydrogen-bond donors (Lipinski definition) is 3. The maximum absolute atomic E-state index is 12.1. The van der Waals surface area contributed by atoms with Crippen molar-refractivity contribution in [2.45, 2.75) is 25.0 Å². The van der Waals surface area contributed by atoms with Crippen molar-refractivity contribution in [1.29, 1.82) is 0 Å². The van der Waals surface area contributed by atoms with Crippen molar-refractivity contribution >= 4 is 5.69 Å². The molecule has 0 radical (unpaired) electrons. The largest absolute Gasteiger partial charge is 0.508 e. The zero-order chi connectivity index (χ0) is 18.1. The standard InChI is InChI=1S/C20H25N3O3/c24-17-6-4-16(5-7-17)21-9-18(25)13-22-10-14-8-15(12-22)19-2-1-3-20(26)23(19)11-14/h1-7,14-15,18,21,24-25H,8-13H2/t14-,15+,18?/m0/s1. The Bertz CT molecular complexity index is 818. The molecule has 4 rings (SSSR count). The third-order valence-corrected chi connectivity index (χ3v) is 5.43. The first-order chi connectivity index (χ1) is 12.6. The minimum atomic E-state index is -0.472. The van der Waals surface area contributed by atoms with Crippen LogP contribution < -0.4 is 10.9 Å². The van der Waals surface area contributed by atoms with E-state index < -0.39 is 6.10 Å². The number of nitrogens with one attached hydrogen (secondary N) is 1. The molecular formula is C20H25N3O3. The Kier molecular flexibility index (Phi) is 4.70. The van der Waals surface area contributed by atoms with E-state index >= 15 is 0 Å². The number of aliphatic hydroxyl groups is 1. The van der Waals surface area contributed by atoms with Gasteiger partial charge in [-0.3, -0.25) is 9.69 Å². The lowest BCUT2D eigenvalue weighted by molar-refractivity contribution is 0.0676. The molecule has 1 aromatic heterocycles. The molecule has 0 spiro atoms.